The van der Waals surface area contributed by atoms with E-state index in [1.165, 1.54) is 5.56 Å². The van der Waals surface area contributed by atoms with Crippen LogP contribution in [0.3, 0.4) is 0 Å². The van der Waals surface area contributed by atoms with Gasteiger partial charge in [-0.2, -0.15) is 0 Å². The topological polar surface area (TPSA) is 21.6 Å². The number of ether oxygens (including phenoxy) is 1. The maximum Gasteiger partial charge on any atom is 0.121 e. The molecule has 0 heterocycles. The standard InChI is InChI=1S/C16H17NO/c1-3-16(13-8-5-4-6-9-13)17-14-10-7-11-15(12-14)18-2/h4-12H,3H2,1-2H3/b17-16-. The van der Waals surface area contributed by atoms with Crippen molar-refractivity contribution in [2.24, 2.45) is 4.99 Å². The van der Waals surface area contributed by atoms with E-state index in [4.69, 9.17) is 9.73 Å². The lowest BCUT2D eigenvalue weighted by atomic mass is 10.1. The molecule has 0 aromatic heterocycles. The molecule has 0 aliphatic rings. The zero-order chi connectivity index (χ0) is 12.8. The minimum Gasteiger partial charge on any atom is -0.497 e. The highest BCUT2D eigenvalue weighted by Gasteiger charge is 2.01. The van der Waals surface area contributed by atoms with Crippen molar-refractivity contribution in [3.8, 4) is 5.75 Å². The summed E-state index contributed by atoms with van der Waals surface area (Å²) in [4.78, 5) is 4.69. The molecule has 0 aliphatic carbocycles. The maximum absolute atomic E-state index is 5.21. The van der Waals surface area contributed by atoms with E-state index < -0.39 is 0 Å². The Labute approximate surface area is 108 Å². The van der Waals surface area contributed by atoms with Crippen molar-refractivity contribution in [1.82, 2.24) is 0 Å². The van der Waals surface area contributed by atoms with Crippen molar-refractivity contribution >= 4 is 11.4 Å². The van der Waals surface area contributed by atoms with Crippen LogP contribution in [0.15, 0.2) is 59.6 Å². The molecule has 2 heteroatoms. The zero-order valence-corrected chi connectivity index (χ0v) is 10.8. The van der Waals surface area contributed by atoms with Gasteiger partial charge in [0, 0.05) is 11.8 Å². The number of benzene rings is 2. The second kappa shape index (κ2) is 6.01. The van der Waals surface area contributed by atoms with Gasteiger partial charge in [-0.25, -0.2) is 0 Å². The van der Waals surface area contributed by atoms with E-state index >= 15 is 0 Å². The van der Waals surface area contributed by atoms with E-state index in [1.807, 2.05) is 42.5 Å². The van der Waals surface area contributed by atoms with Gasteiger partial charge < -0.3 is 4.74 Å². The van der Waals surface area contributed by atoms with Gasteiger partial charge >= 0.3 is 0 Å². The minimum atomic E-state index is 0.833. The van der Waals surface area contributed by atoms with Gasteiger partial charge in [-0.05, 0) is 24.1 Å². The van der Waals surface area contributed by atoms with Crippen molar-refractivity contribution in [3.63, 3.8) is 0 Å². The molecule has 0 aliphatic heterocycles. The van der Waals surface area contributed by atoms with Gasteiger partial charge in [0.2, 0.25) is 0 Å². The van der Waals surface area contributed by atoms with Gasteiger partial charge in [0.25, 0.3) is 0 Å². The summed E-state index contributed by atoms with van der Waals surface area (Å²) in [5.74, 6) is 0.833. The van der Waals surface area contributed by atoms with Gasteiger partial charge in [0.1, 0.15) is 5.75 Å². The fraction of sp³-hybridized carbons (Fsp3) is 0.188. The first-order chi connectivity index (χ1) is 8.83. The summed E-state index contributed by atoms with van der Waals surface area (Å²) in [7, 11) is 1.67. The summed E-state index contributed by atoms with van der Waals surface area (Å²) < 4.78 is 5.21. The average Bonchev–Trinajstić information content (AvgIpc) is 2.46. The molecule has 0 spiro atoms. The number of aliphatic imine (C=N–C) groups is 1. The third-order valence-electron chi connectivity index (χ3n) is 2.76. The largest absolute Gasteiger partial charge is 0.497 e. The first-order valence-electron chi connectivity index (χ1n) is 6.10. The van der Waals surface area contributed by atoms with Gasteiger partial charge in [0.15, 0.2) is 0 Å². The lowest BCUT2D eigenvalue weighted by molar-refractivity contribution is 0.415. The maximum atomic E-state index is 5.21. The molecule has 0 saturated heterocycles. The Kier molecular flexibility index (Phi) is 4.13. The molecular formula is C16H17NO. The molecule has 2 rings (SSSR count). The molecule has 0 unspecified atom stereocenters. The summed E-state index contributed by atoms with van der Waals surface area (Å²) in [6.07, 6.45) is 0.904. The van der Waals surface area contributed by atoms with Crippen LogP contribution in [-0.2, 0) is 0 Å². The van der Waals surface area contributed by atoms with Gasteiger partial charge in [0.05, 0.1) is 12.8 Å². The van der Waals surface area contributed by atoms with E-state index in [9.17, 15) is 0 Å². The fourth-order valence-electron chi connectivity index (χ4n) is 1.81. The highest BCUT2D eigenvalue weighted by molar-refractivity contribution is 6.01. The molecule has 2 nitrogen and oxygen atoms in total. The fourth-order valence-corrected chi connectivity index (χ4v) is 1.81. The normalized spacial score (nSPS) is 11.3. The van der Waals surface area contributed by atoms with Crippen molar-refractivity contribution in [2.45, 2.75) is 13.3 Å². The van der Waals surface area contributed by atoms with Crippen LogP contribution >= 0.6 is 0 Å². The summed E-state index contributed by atoms with van der Waals surface area (Å²) in [6, 6.07) is 18.1. The Balaban J connectivity index is 2.34. The van der Waals surface area contributed by atoms with Gasteiger partial charge in [-0.1, -0.05) is 43.3 Å². The average molecular weight is 239 g/mol. The SMILES string of the molecule is CC/C(=N/c1cccc(OC)c1)c1ccccc1. The van der Waals surface area contributed by atoms with Crippen molar-refractivity contribution in [3.05, 3.63) is 60.2 Å². The molecular weight excluding hydrogens is 222 g/mol. The third kappa shape index (κ3) is 2.98. The van der Waals surface area contributed by atoms with Gasteiger partial charge in [-0.3, -0.25) is 4.99 Å². The van der Waals surface area contributed by atoms with Crippen LogP contribution in [0.5, 0.6) is 5.75 Å². The molecule has 0 atom stereocenters. The van der Waals surface area contributed by atoms with Crippen LogP contribution in [-0.4, -0.2) is 12.8 Å². The van der Waals surface area contributed by atoms with Gasteiger partial charge in [-0.15, -0.1) is 0 Å². The molecule has 0 N–H and O–H groups in total. The molecule has 2 aromatic rings. The predicted octanol–water partition coefficient (Wildman–Crippen LogP) is 4.23. The minimum absolute atomic E-state index is 0.833. The third-order valence-corrected chi connectivity index (χ3v) is 2.76. The molecule has 18 heavy (non-hydrogen) atoms. The van der Waals surface area contributed by atoms with Crippen LogP contribution < -0.4 is 4.74 Å². The molecule has 2 aromatic carbocycles. The lowest BCUT2D eigenvalue weighted by Gasteiger charge is -2.05. The Morgan fingerprint density at radius 3 is 2.50 bits per heavy atom. The molecule has 0 radical (unpaired) electrons. The Hall–Kier alpha value is -2.09. The first kappa shape index (κ1) is 12.4. The molecule has 92 valence electrons. The highest BCUT2D eigenvalue weighted by Crippen LogP contribution is 2.21. The second-order valence-electron chi connectivity index (χ2n) is 3.98. The first-order valence-corrected chi connectivity index (χ1v) is 6.10. The Morgan fingerprint density at radius 2 is 1.83 bits per heavy atom. The van der Waals surface area contributed by atoms with Crippen LogP contribution in [0, 0.1) is 0 Å². The molecule has 0 amide bonds. The summed E-state index contributed by atoms with van der Waals surface area (Å²) >= 11 is 0. The number of hydrogen-bond acceptors (Lipinski definition) is 2. The van der Waals surface area contributed by atoms with Crippen molar-refractivity contribution in [2.75, 3.05) is 7.11 Å². The van der Waals surface area contributed by atoms with Crippen molar-refractivity contribution < 1.29 is 4.74 Å². The smallest absolute Gasteiger partial charge is 0.121 e. The van der Waals surface area contributed by atoms with Crippen LogP contribution in [0.1, 0.15) is 18.9 Å². The second-order valence-corrected chi connectivity index (χ2v) is 3.98. The monoisotopic (exact) mass is 239 g/mol. The van der Waals surface area contributed by atoms with E-state index in [2.05, 4.69) is 19.1 Å². The van der Waals surface area contributed by atoms with E-state index in [-0.39, 0.29) is 0 Å². The zero-order valence-electron chi connectivity index (χ0n) is 10.8. The lowest BCUT2D eigenvalue weighted by Crippen LogP contribution is -1.97. The summed E-state index contributed by atoms with van der Waals surface area (Å²) in [5, 5.41) is 0. The van der Waals surface area contributed by atoms with E-state index in [0.717, 1.165) is 23.6 Å². The number of rotatable bonds is 4. The number of methoxy groups -OCH3 is 1. The number of hydrogen-bond donors (Lipinski definition) is 0. The Morgan fingerprint density at radius 1 is 1.06 bits per heavy atom. The predicted molar refractivity (Wildman–Crippen MR) is 75.9 cm³/mol. The van der Waals surface area contributed by atoms with E-state index in [0.29, 0.717) is 0 Å². The Bertz CT molecular complexity index is 532. The number of nitrogens with zero attached hydrogens (tertiary/aromatic N) is 1. The molecule has 0 fully saturated rings. The highest BCUT2D eigenvalue weighted by atomic mass is 16.5. The molecule has 0 saturated carbocycles. The summed E-state index contributed by atoms with van der Waals surface area (Å²) in [6.45, 7) is 2.12. The molecule has 0 bridgehead atoms. The van der Waals surface area contributed by atoms with Crippen LogP contribution in [0.2, 0.25) is 0 Å². The van der Waals surface area contributed by atoms with Crippen LogP contribution in [0.25, 0.3) is 0 Å². The quantitative estimate of drug-likeness (QED) is 0.732. The van der Waals surface area contributed by atoms with E-state index in [1.54, 1.807) is 7.11 Å². The van der Waals surface area contributed by atoms with Crippen LogP contribution in [0.4, 0.5) is 5.69 Å². The summed E-state index contributed by atoms with van der Waals surface area (Å²) in [5.41, 5.74) is 3.18. The van der Waals surface area contributed by atoms with Crippen molar-refractivity contribution in [1.29, 1.82) is 0 Å².